The van der Waals surface area contributed by atoms with Gasteiger partial charge in [0, 0.05) is 11.4 Å². The summed E-state index contributed by atoms with van der Waals surface area (Å²) in [5.74, 6) is 0.167. The first-order valence-electron chi connectivity index (χ1n) is 5.89. The summed E-state index contributed by atoms with van der Waals surface area (Å²) in [6.45, 7) is 0.415. The fourth-order valence-corrected chi connectivity index (χ4v) is 3.02. The summed E-state index contributed by atoms with van der Waals surface area (Å²) in [7, 11) is 0. The Morgan fingerprint density at radius 2 is 2.06 bits per heavy atom. The quantitative estimate of drug-likeness (QED) is 0.829. The van der Waals surface area contributed by atoms with E-state index >= 15 is 0 Å². The van der Waals surface area contributed by atoms with Crippen LogP contribution in [0.3, 0.4) is 0 Å². The van der Waals surface area contributed by atoms with Crippen molar-refractivity contribution >= 4 is 17.5 Å². The van der Waals surface area contributed by atoms with Gasteiger partial charge in [-0.3, -0.25) is 4.79 Å². The number of piperidine rings is 1. The fraction of sp³-hybridized carbons (Fsp3) is 0.462. The van der Waals surface area contributed by atoms with Crippen LogP contribution in [0.4, 0.5) is 0 Å². The van der Waals surface area contributed by atoms with E-state index in [-0.39, 0.29) is 11.9 Å². The van der Waals surface area contributed by atoms with E-state index in [1.807, 2.05) is 12.1 Å². The largest absolute Gasteiger partial charge is 0.381 e. The maximum atomic E-state index is 11.6. The number of fused-ring (bicyclic) bond motifs is 1. The van der Waals surface area contributed by atoms with E-state index in [1.54, 1.807) is 17.0 Å². The predicted molar refractivity (Wildman–Crippen MR) is 64.7 cm³/mol. The van der Waals surface area contributed by atoms with Crippen LogP contribution in [0.5, 0.6) is 0 Å². The van der Waals surface area contributed by atoms with Crippen molar-refractivity contribution in [1.82, 2.24) is 4.90 Å². The highest BCUT2D eigenvalue weighted by molar-refractivity contribution is 6.30. The third-order valence-electron chi connectivity index (χ3n) is 3.87. The zero-order chi connectivity index (χ0) is 12.0. The molecule has 0 unspecified atom stereocenters. The molecule has 0 saturated carbocycles. The monoisotopic (exact) mass is 251 g/mol. The summed E-state index contributed by atoms with van der Waals surface area (Å²) in [5, 5.41) is 11.3. The van der Waals surface area contributed by atoms with Crippen LogP contribution in [0.25, 0.3) is 0 Å². The molecular formula is C13H14ClNO2. The number of hydrogen-bond acceptors (Lipinski definition) is 2. The van der Waals surface area contributed by atoms with Gasteiger partial charge >= 0.3 is 0 Å². The lowest BCUT2D eigenvalue weighted by Gasteiger charge is -2.56. The van der Waals surface area contributed by atoms with E-state index in [2.05, 4.69) is 0 Å². The molecule has 0 radical (unpaired) electrons. The lowest BCUT2D eigenvalue weighted by molar-refractivity contribution is -0.189. The maximum Gasteiger partial charge on any atom is 0.223 e. The number of nitrogens with zero attached hydrogens (tertiary/aromatic N) is 1. The van der Waals surface area contributed by atoms with Crippen LogP contribution < -0.4 is 0 Å². The predicted octanol–water partition coefficient (Wildman–Crippen LogP) is 1.92. The molecule has 2 heterocycles. The van der Waals surface area contributed by atoms with Crippen molar-refractivity contribution in [1.29, 1.82) is 0 Å². The summed E-state index contributed by atoms with van der Waals surface area (Å²) in [4.78, 5) is 13.4. The Morgan fingerprint density at radius 1 is 1.35 bits per heavy atom. The van der Waals surface area contributed by atoms with E-state index in [1.165, 1.54) is 0 Å². The van der Waals surface area contributed by atoms with Crippen LogP contribution in [0.2, 0.25) is 5.02 Å². The average molecular weight is 252 g/mol. The summed E-state index contributed by atoms with van der Waals surface area (Å²) in [6, 6.07) is 7.20. The second-order valence-corrected chi connectivity index (χ2v) is 5.30. The molecule has 3 rings (SSSR count). The van der Waals surface area contributed by atoms with Crippen molar-refractivity contribution in [2.45, 2.75) is 30.9 Å². The molecular weight excluding hydrogens is 238 g/mol. The lowest BCUT2D eigenvalue weighted by Crippen LogP contribution is -2.70. The zero-order valence-corrected chi connectivity index (χ0v) is 10.2. The summed E-state index contributed by atoms with van der Waals surface area (Å²) in [6.07, 6.45) is 2.37. The Morgan fingerprint density at radius 3 is 2.76 bits per heavy atom. The van der Waals surface area contributed by atoms with E-state index in [9.17, 15) is 9.90 Å². The van der Waals surface area contributed by atoms with Gasteiger partial charge in [-0.15, -0.1) is 0 Å². The number of hydrogen-bond donors (Lipinski definition) is 1. The first-order chi connectivity index (χ1) is 8.11. The molecule has 90 valence electrons. The SMILES string of the molecule is O=C1CCC[C@@H]2N1C[C@]2(O)c1ccc(Cl)cc1. The van der Waals surface area contributed by atoms with Gasteiger partial charge in [-0.05, 0) is 30.5 Å². The molecule has 2 fully saturated rings. The highest BCUT2D eigenvalue weighted by Crippen LogP contribution is 2.43. The highest BCUT2D eigenvalue weighted by atomic mass is 35.5. The number of aliphatic hydroxyl groups is 1. The van der Waals surface area contributed by atoms with Gasteiger partial charge in [0.15, 0.2) is 0 Å². The molecule has 1 N–H and O–H groups in total. The summed E-state index contributed by atoms with van der Waals surface area (Å²) < 4.78 is 0. The van der Waals surface area contributed by atoms with E-state index in [0.717, 1.165) is 18.4 Å². The minimum absolute atomic E-state index is 0.0510. The number of amides is 1. The third-order valence-corrected chi connectivity index (χ3v) is 4.12. The normalized spacial score (nSPS) is 32.0. The number of halogens is 1. The molecule has 0 aromatic heterocycles. The first kappa shape index (κ1) is 11.1. The zero-order valence-electron chi connectivity index (χ0n) is 9.40. The summed E-state index contributed by atoms with van der Waals surface area (Å²) in [5.41, 5.74) is -0.0152. The Labute approximate surface area is 105 Å². The molecule has 2 saturated heterocycles. The molecule has 17 heavy (non-hydrogen) atoms. The van der Waals surface area contributed by atoms with Crippen molar-refractivity contribution in [3.63, 3.8) is 0 Å². The Hall–Kier alpha value is -1.06. The van der Waals surface area contributed by atoms with Gasteiger partial charge in [0.25, 0.3) is 0 Å². The fourth-order valence-electron chi connectivity index (χ4n) is 2.89. The lowest BCUT2D eigenvalue weighted by atomic mass is 9.73. The molecule has 1 amide bonds. The standard InChI is InChI=1S/C13H14ClNO2/c14-10-6-4-9(5-7-10)13(17)8-15-11(13)2-1-3-12(15)16/h4-7,11,17H,1-3,8H2/t11-,13-/m0/s1. The van der Waals surface area contributed by atoms with Crippen molar-refractivity contribution in [2.75, 3.05) is 6.54 Å². The van der Waals surface area contributed by atoms with Crippen LogP contribution in [-0.4, -0.2) is 28.5 Å². The minimum atomic E-state index is -0.874. The van der Waals surface area contributed by atoms with Crippen molar-refractivity contribution in [3.05, 3.63) is 34.9 Å². The molecule has 2 atom stereocenters. The first-order valence-corrected chi connectivity index (χ1v) is 6.27. The average Bonchev–Trinajstić information content (AvgIpc) is 2.31. The van der Waals surface area contributed by atoms with Crippen molar-refractivity contribution in [2.24, 2.45) is 0 Å². The molecule has 2 aliphatic heterocycles. The second-order valence-electron chi connectivity index (χ2n) is 4.86. The van der Waals surface area contributed by atoms with Gasteiger partial charge in [-0.25, -0.2) is 0 Å². The Bertz CT molecular complexity index is 459. The molecule has 1 aromatic rings. The molecule has 3 nitrogen and oxygen atoms in total. The van der Waals surface area contributed by atoms with Crippen molar-refractivity contribution < 1.29 is 9.90 Å². The third kappa shape index (κ3) is 1.57. The minimum Gasteiger partial charge on any atom is -0.381 e. The number of benzene rings is 1. The van der Waals surface area contributed by atoms with Gasteiger partial charge in [-0.2, -0.15) is 0 Å². The topological polar surface area (TPSA) is 40.5 Å². The number of carbonyl (C=O) groups is 1. The van der Waals surface area contributed by atoms with E-state index < -0.39 is 5.60 Å². The van der Waals surface area contributed by atoms with Gasteiger partial charge < -0.3 is 10.0 Å². The summed E-state index contributed by atoms with van der Waals surface area (Å²) >= 11 is 5.84. The van der Waals surface area contributed by atoms with Crippen molar-refractivity contribution in [3.8, 4) is 0 Å². The van der Waals surface area contributed by atoms with Gasteiger partial charge in [0.1, 0.15) is 5.60 Å². The molecule has 0 spiro atoms. The molecule has 4 heteroatoms. The Kier molecular flexibility index (Phi) is 2.42. The molecule has 2 aliphatic rings. The smallest absolute Gasteiger partial charge is 0.223 e. The highest BCUT2D eigenvalue weighted by Gasteiger charge is 2.55. The maximum absolute atomic E-state index is 11.6. The Balaban J connectivity index is 1.88. The molecule has 1 aromatic carbocycles. The van der Waals surface area contributed by atoms with Gasteiger partial charge in [0.2, 0.25) is 5.91 Å². The van der Waals surface area contributed by atoms with Crippen LogP contribution >= 0.6 is 11.6 Å². The second kappa shape index (κ2) is 3.72. The number of rotatable bonds is 1. The van der Waals surface area contributed by atoms with Gasteiger partial charge in [-0.1, -0.05) is 23.7 Å². The van der Waals surface area contributed by atoms with Crippen LogP contribution in [0, 0.1) is 0 Å². The number of carbonyl (C=O) groups excluding carboxylic acids is 1. The van der Waals surface area contributed by atoms with Gasteiger partial charge in [0.05, 0.1) is 12.6 Å². The van der Waals surface area contributed by atoms with Crippen LogP contribution in [0.15, 0.2) is 24.3 Å². The van der Waals surface area contributed by atoms with E-state index in [0.29, 0.717) is 18.0 Å². The molecule has 0 bridgehead atoms. The molecule has 0 aliphatic carbocycles. The van der Waals surface area contributed by atoms with E-state index in [4.69, 9.17) is 11.6 Å². The van der Waals surface area contributed by atoms with Crippen LogP contribution in [-0.2, 0) is 10.4 Å². The van der Waals surface area contributed by atoms with Crippen LogP contribution in [0.1, 0.15) is 24.8 Å².